The summed E-state index contributed by atoms with van der Waals surface area (Å²) in [6.45, 7) is 0. The van der Waals surface area contributed by atoms with E-state index in [2.05, 4.69) is 4.13 Å². The highest BCUT2D eigenvalue weighted by Gasteiger charge is 2.20. The molecular formula is C6H13NO3S2. The number of rotatable bonds is 3. The Morgan fingerprint density at radius 1 is 1.17 bits per heavy atom. The molecule has 1 rings (SSSR count). The molecule has 0 aromatic carbocycles. The van der Waals surface area contributed by atoms with E-state index in [1.54, 1.807) is 0 Å². The Morgan fingerprint density at radius 2 is 1.75 bits per heavy atom. The predicted octanol–water partition coefficient (Wildman–Crippen LogP) is 0.709. The summed E-state index contributed by atoms with van der Waals surface area (Å²) in [6, 6.07) is 0. The van der Waals surface area contributed by atoms with E-state index >= 15 is 0 Å². The molecule has 0 aliphatic heterocycles. The van der Waals surface area contributed by atoms with Gasteiger partial charge in [-0.1, -0.05) is 19.3 Å². The average Bonchev–Trinajstić information content (AvgIpc) is 2.05. The second-order valence-corrected chi connectivity index (χ2v) is 5.32. The normalized spacial score (nSPS) is 25.1. The monoisotopic (exact) mass is 211 g/mol. The van der Waals surface area contributed by atoms with E-state index in [9.17, 15) is 8.42 Å². The van der Waals surface area contributed by atoms with Crippen molar-refractivity contribution in [1.82, 2.24) is 4.13 Å². The highest BCUT2D eigenvalue weighted by molar-refractivity contribution is 7.96. The van der Waals surface area contributed by atoms with Crippen LogP contribution in [0.25, 0.3) is 0 Å². The maximum Gasteiger partial charge on any atom is 0.243 e. The summed E-state index contributed by atoms with van der Waals surface area (Å²) in [5.41, 5.74) is 0. The van der Waals surface area contributed by atoms with Gasteiger partial charge in [0.2, 0.25) is 11.3 Å². The van der Waals surface area contributed by atoms with Gasteiger partial charge in [-0.05, 0) is 12.8 Å². The molecule has 72 valence electrons. The summed E-state index contributed by atoms with van der Waals surface area (Å²) in [5, 5.41) is 0.0647. The van der Waals surface area contributed by atoms with E-state index in [1.807, 2.05) is 0 Å². The van der Waals surface area contributed by atoms with Crippen molar-refractivity contribution in [2.75, 3.05) is 0 Å². The highest BCUT2D eigenvalue weighted by Crippen LogP contribution is 2.21. The van der Waals surface area contributed by atoms with Crippen LogP contribution in [0.5, 0.6) is 0 Å². The van der Waals surface area contributed by atoms with Crippen LogP contribution in [0.1, 0.15) is 32.1 Å². The quantitative estimate of drug-likeness (QED) is 0.676. The minimum atomic E-state index is -2.15. The molecule has 0 bridgehead atoms. The number of nitrogens with one attached hydrogen (secondary N) is 1. The van der Waals surface area contributed by atoms with Gasteiger partial charge in [-0.2, -0.15) is 0 Å². The first kappa shape index (κ1) is 10.3. The minimum Gasteiger partial charge on any atom is -0.293 e. The largest absolute Gasteiger partial charge is 0.293 e. The molecule has 1 aliphatic carbocycles. The molecule has 2 unspecified atom stereocenters. The molecule has 12 heavy (non-hydrogen) atoms. The van der Waals surface area contributed by atoms with Gasteiger partial charge in [0.1, 0.15) is 11.0 Å². The predicted molar refractivity (Wildman–Crippen MR) is 48.9 cm³/mol. The minimum absolute atomic E-state index is 0.0647. The maximum absolute atomic E-state index is 11.3. The summed E-state index contributed by atoms with van der Waals surface area (Å²) in [5.74, 6) is 0. The zero-order chi connectivity index (χ0) is 8.97. The second kappa shape index (κ2) is 5.06. The smallest absolute Gasteiger partial charge is 0.243 e. The number of hydrogen-bond acceptors (Lipinski definition) is 2. The first-order chi connectivity index (χ1) is 5.70. The van der Waals surface area contributed by atoms with Gasteiger partial charge in [0, 0.05) is 0 Å². The van der Waals surface area contributed by atoms with E-state index in [0.29, 0.717) is 0 Å². The van der Waals surface area contributed by atoms with Crippen molar-refractivity contribution in [3.05, 3.63) is 0 Å². The van der Waals surface area contributed by atoms with Crippen LogP contribution in [-0.4, -0.2) is 18.2 Å². The third-order valence-corrected chi connectivity index (χ3v) is 4.31. The van der Waals surface area contributed by atoms with E-state index in [-0.39, 0.29) is 5.25 Å². The summed E-state index contributed by atoms with van der Waals surface area (Å²) < 4.78 is 32.0. The Hall–Kier alpha value is 0.220. The van der Waals surface area contributed by atoms with E-state index in [4.69, 9.17) is 4.55 Å². The van der Waals surface area contributed by atoms with E-state index in [1.165, 1.54) is 6.42 Å². The van der Waals surface area contributed by atoms with Crippen LogP contribution in [0.15, 0.2) is 0 Å². The van der Waals surface area contributed by atoms with Gasteiger partial charge < -0.3 is 0 Å². The lowest BCUT2D eigenvalue weighted by atomic mass is 10.0. The molecule has 0 radical (unpaired) electrons. The fourth-order valence-corrected chi connectivity index (χ4v) is 3.29. The van der Waals surface area contributed by atoms with Crippen molar-refractivity contribution in [2.45, 2.75) is 37.4 Å². The molecule has 0 heterocycles. The third kappa shape index (κ3) is 3.30. The molecule has 6 heteroatoms. The van der Waals surface area contributed by atoms with Crippen LogP contribution in [0.4, 0.5) is 0 Å². The van der Waals surface area contributed by atoms with Gasteiger partial charge in [-0.25, -0.2) is 8.42 Å². The number of hydrogen-bond donors (Lipinski definition) is 2. The van der Waals surface area contributed by atoms with Gasteiger partial charge >= 0.3 is 0 Å². The van der Waals surface area contributed by atoms with Crippen LogP contribution in [0.3, 0.4) is 0 Å². The molecule has 1 aliphatic rings. The van der Waals surface area contributed by atoms with Crippen molar-refractivity contribution < 1.29 is 13.0 Å². The molecule has 0 spiro atoms. The maximum atomic E-state index is 11.3. The Balaban J connectivity index is 2.34. The fourth-order valence-electron chi connectivity index (χ4n) is 1.42. The summed E-state index contributed by atoms with van der Waals surface area (Å²) in [6.07, 6.45) is 5.15. The molecule has 2 atom stereocenters. The average molecular weight is 211 g/mol. The molecule has 0 aromatic heterocycles. The van der Waals surface area contributed by atoms with Crippen molar-refractivity contribution in [3.8, 4) is 0 Å². The van der Waals surface area contributed by atoms with E-state index in [0.717, 1.165) is 25.7 Å². The fraction of sp³-hybridized carbons (Fsp3) is 1.00. The first-order valence-corrected chi connectivity index (χ1v) is 6.30. The Morgan fingerprint density at radius 3 is 2.25 bits per heavy atom. The van der Waals surface area contributed by atoms with Crippen LogP contribution in [0.2, 0.25) is 0 Å². The lowest BCUT2D eigenvalue weighted by Gasteiger charge is -2.19. The molecule has 2 N–H and O–H groups in total. The van der Waals surface area contributed by atoms with Gasteiger partial charge in [-0.3, -0.25) is 4.55 Å². The Labute approximate surface area is 77.1 Å². The van der Waals surface area contributed by atoms with Crippen LogP contribution < -0.4 is 4.13 Å². The molecule has 0 saturated heterocycles. The SMILES string of the molecule is O=S(O)NS(=O)C1CCCCC1. The molecular weight excluding hydrogens is 198 g/mol. The molecule has 0 aromatic rings. The first-order valence-electron chi connectivity index (χ1n) is 3.98. The van der Waals surface area contributed by atoms with Crippen molar-refractivity contribution in [2.24, 2.45) is 0 Å². The van der Waals surface area contributed by atoms with E-state index < -0.39 is 22.3 Å². The standard InChI is InChI=1S/C6H13NO3S2/c8-11(7-12(9)10)6-4-2-1-3-5-6/h6-7H,1-5H2,(H,9,10). The Bertz CT molecular complexity index is 191. The lowest BCUT2D eigenvalue weighted by molar-refractivity contribution is 0.502. The van der Waals surface area contributed by atoms with Crippen LogP contribution >= 0.6 is 0 Å². The summed E-state index contributed by atoms with van der Waals surface area (Å²) in [4.78, 5) is 0. The van der Waals surface area contributed by atoms with Gasteiger partial charge in [0.25, 0.3) is 0 Å². The zero-order valence-electron chi connectivity index (χ0n) is 6.69. The third-order valence-electron chi connectivity index (χ3n) is 2.01. The van der Waals surface area contributed by atoms with Gasteiger partial charge in [0.15, 0.2) is 0 Å². The summed E-state index contributed by atoms with van der Waals surface area (Å²) in [7, 11) is -1.34. The zero-order valence-corrected chi connectivity index (χ0v) is 8.33. The molecule has 1 fully saturated rings. The molecule has 4 nitrogen and oxygen atoms in total. The van der Waals surface area contributed by atoms with Crippen molar-refractivity contribution in [1.29, 1.82) is 0 Å². The van der Waals surface area contributed by atoms with Crippen LogP contribution in [0, 0.1) is 0 Å². The van der Waals surface area contributed by atoms with Crippen LogP contribution in [-0.2, 0) is 22.3 Å². The highest BCUT2D eigenvalue weighted by atomic mass is 32.3. The lowest BCUT2D eigenvalue weighted by Crippen LogP contribution is -2.30. The topological polar surface area (TPSA) is 66.4 Å². The second-order valence-electron chi connectivity index (χ2n) is 2.89. The molecule has 0 amide bonds. The van der Waals surface area contributed by atoms with Crippen molar-refractivity contribution in [3.63, 3.8) is 0 Å². The van der Waals surface area contributed by atoms with Crippen molar-refractivity contribution >= 4 is 22.3 Å². The Kier molecular flexibility index (Phi) is 4.34. The summed E-state index contributed by atoms with van der Waals surface area (Å²) >= 11 is -2.15. The molecule has 1 saturated carbocycles. The van der Waals surface area contributed by atoms with Gasteiger partial charge in [-0.15, -0.1) is 4.13 Å². The van der Waals surface area contributed by atoms with Gasteiger partial charge in [0.05, 0.1) is 5.25 Å².